The lowest BCUT2D eigenvalue weighted by molar-refractivity contribution is -0.130. The highest BCUT2D eigenvalue weighted by molar-refractivity contribution is 5.94. The van der Waals surface area contributed by atoms with Gasteiger partial charge in [-0.15, -0.1) is 0 Å². The minimum absolute atomic E-state index is 0.128. The molecule has 2 amide bonds. The zero-order valence-electron chi connectivity index (χ0n) is 17.3. The molecule has 0 spiro atoms. The fourth-order valence-corrected chi connectivity index (χ4v) is 3.53. The van der Waals surface area contributed by atoms with E-state index < -0.39 is 0 Å². The molecule has 0 saturated carbocycles. The second-order valence-electron chi connectivity index (χ2n) is 7.34. The molecule has 0 radical (unpaired) electrons. The van der Waals surface area contributed by atoms with Gasteiger partial charge in [0.05, 0.1) is 18.4 Å². The molecule has 1 fully saturated rings. The number of aryl methyl sites for hydroxylation is 1. The Morgan fingerprint density at radius 1 is 1.34 bits per heavy atom. The number of hydrogen-bond acceptors (Lipinski definition) is 5. The van der Waals surface area contributed by atoms with E-state index in [1.54, 1.807) is 13.3 Å². The van der Waals surface area contributed by atoms with Gasteiger partial charge in [-0.25, -0.2) is 9.97 Å². The number of amides is 2. The van der Waals surface area contributed by atoms with E-state index in [-0.39, 0.29) is 17.7 Å². The van der Waals surface area contributed by atoms with Crippen LogP contribution in [0.15, 0.2) is 30.5 Å². The maximum Gasteiger partial charge on any atom is 0.254 e. The number of aromatic nitrogens is 2. The molecule has 154 valence electrons. The number of carbonyl (C=O) groups is 2. The van der Waals surface area contributed by atoms with Crippen LogP contribution in [0.25, 0.3) is 0 Å². The molecule has 1 aromatic carbocycles. The van der Waals surface area contributed by atoms with E-state index in [0.29, 0.717) is 36.6 Å². The summed E-state index contributed by atoms with van der Waals surface area (Å²) in [5.74, 6) is 1.58. The largest absolute Gasteiger partial charge is 0.497 e. The second kappa shape index (κ2) is 9.49. The zero-order chi connectivity index (χ0) is 20.8. The average molecular weight is 396 g/mol. The quantitative estimate of drug-likeness (QED) is 0.778. The summed E-state index contributed by atoms with van der Waals surface area (Å²) in [5.41, 5.74) is 2.07. The third-order valence-corrected chi connectivity index (χ3v) is 5.20. The summed E-state index contributed by atoms with van der Waals surface area (Å²) < 4.78 is 5.21. The molecule has 1 aliphatic rings. The van der Waals surface area contributed by atoms with Gasteiger partial charge in [0.15, 0.2) is 0 Å². The van der Waals surface area contributed by atoms with Crippen LogP contribution in [0.5, 0.6) is 5.75 Å². The van der Waals surface area contributed by atoms with E-state index in [9.17, 15) is 9.59 Å². The highest BCUT2D eigenvalue weighted by Gasteiger charge is 2.29. The van der Waals surface area contributed by atoms with Gasteiger partial charge in [-0.2, -0.15) is 0 Å². The second-order valence-corrected chi connectivity index (χ2v) is 7.34. The lowest BCUT2D eigenvalue weighted by Gasteiger charge is -2.16. The highest BCUT2D eigenvalue weighted by Crippen LogP contribution is 2.25. The zero-order valence-corrected chi connectivity index (χ0v) is 17.3. The Hall–Kier alpha value is -2.96. The van der Waals surface area contributed by atoms with Crippen LogP contribution in [0.1, 0.15) is 59.5 Å². The van der Waals surface area contributed by atoms with Crippen LogP contribution in [-0.2, 0) is 11.3 Å². The van der Waals surface area contributed by atoms with Crippen molar-refractivity contribution in [3.05, 3.63) is 53.1 Å². The average Bonchev–Trinajstić information content (AvgIpc) is 3.23. The first kappa shape index (κ1) is 20.8. The first-order valence-corrected chi connectivity index (χ1v) is 10.0. The van der Waals surface area contributed by atoms with Crippen LogP contribution in [0.2, 0.25) is 0 Å². The fraction of sp³-hybridized carbons (Fsp3) is 0.455. The van der Waals surface area contributed by atoms with E-state index in [1.165, 1.54) is 0 Å². The van der Waals surface area contributed by atoms with Crippen molar-refractivity contribution in [3.8, 4) is 5.75 Å². The summed E-state index contributed by atoms with van der Waals surface area (Å²) in [6.07, 6.45) is 3.89. The van der Waals surface area contributed by atoms with Crippen molar-refractivity contribution in [2.45, 2.75) is 45.6 Å². The topological polar surface area (TPSA) is 84.4 Å². The molecule has 7 heteroatoms. The van der Waals surface area contributed by atoms with Gasteiger partial charge in [-0.3, -0.25) is 9.59 Å². The Kier molecular flexibility index (Phi) is 6.80. The van der Waals surface area contributed by atoms with Crippen LogP contribution in [0.4, 0.5) is 0 Å². The standard InChI is InChI=1S/C22H28N4O3/c1-4-6-20(27)26-10-9-17(14-26)21-23-13-19(15(2)25-21)22(28)24-12-16-7-5-8-18(11-16)29-3/h5,7-8,11,13,17H,4,6,9-10,12,14H2,1-3H3,(H,24,28). The van der Waals surface area contributed by atoms with Crippen molar-refractivity contribution < 1.29 is 14.3 Å². The van der Waals surface area contributed by atoms with Crippen LogP contribution >= 0.6 is 0 Å². The number of benzene rings is 1. The summed E-state index contributed by atoms with van der Waals surface area (Å²) >= 11 is 0. The van der Waals surface area contributed by atoms with E-state index in [1.807, 2.05) is 43.0 Å². The van der Waals surface area contributed by atoms with E-state index in [4.69, 9.17) is 4.74 Å². The Balaban J connectivity index is 1.61. The molecular formula is C22H28N4O3. The predicted molar refractivity (Wildman–Crippen MR) is 110 cm³/mol. The first-order valence-electron chi connectivity index (χ1n) is 10.0. The molecule has 1 unspecified atom stereocenters. The van der Waals surface area contributed by atoms with Crippen LogP contribution < -0.4 is 10.1 Å². The number of hydrogen-bond donors (Lipinski definition) is 1. The monoisotopic (exact) mass is 396 g/mol. The molecular weight excluding hydrogens is 368 g/mol. The molecule has 0 bridgehead atoms. The Labute approximate surface area is 171 Å². The Bertz CT molecular complexity index is 884. The van der Waals surface area contributed by atoms with Gasteiger partial charge in [-0.05, 0) is 37.5 Å². The summed E-state index contributed by atoms with van der Waals surface area (Å²) in [5, 5.41) is 2.91. The van der Waals surface area contributed by atoms with Crippen molar-refractivity contribution in [2.75, 3.05) is 20.2 Å². The van der Waals surface area contributed by atoms with Gasteiger partial charge in [0.2, 0.25) is 5.91 Å². The third kappa shape index (κ3) is 5.10. The molecule has 29 heavy (non-hydrogen) atoms. The highest BCUT2D eigenvalue weighted by atomic mass is 16.5. The van der Waals surface area contributed by atoms with Gasteiger partial charge in [0.1, 0.15) is 11.6 Å². The predicted octanol–water partition coefficient (Wildman–Crippen LogP) is 2.84. The lowest BCUT2D eigenvalue weighted by Crippen LogP contribution is -2.28. The van der Waals surface area contributed by atoms with Gasteiger partial charge in [0, 0.05) is 38.2 Å². The van der Waals surface area contributed by atoms with Crippen LogP contribution in [0.3, 0.4) is 0 Å². The van der Waals surface area contributed by atoms with E-state index >= 15 is 0 Å². The number of rotatable bonds is 7. The van der Waals surface area contributed by atoms with Gasteiger partial charge in [0.25, 0.3) is 5.91 Å². The molecule has 0 aliphatic carbocycles. The SMILES string of the molecule is CCCC(=O)N1CCC(c2ncc(C(=O)NCc3cccc(OC)c3)c(C)n2)C1. The number of likely N-dealkylation sites (tertiary alicyclic amines) is 1. The van der Waals surface area contributed by atoms with Crippen LogP contribution in [-0.4, -0.2) is 46.9 Å². The first-order chi connectivity index (χ1) is 14.0. The minimum atomic E-state index is -0.206. The Morgan fingerprint density at radius 3 is 2.90 bits per heavy atom. The van der Waals surface area contributed by atoms with Crippen molar-refractivity contribution in [1.82, 2.24) is 20.2 Å². The van der Waals surface area contributed by atoms with Gasteiger partial charge < -0.3 is 15.0 Å². The fourth-order valence-electron chi connectivity index (χ4n) is 3.53. The summed E-state index contributed by atoms with van der Waals surface area (Å²) in [6.45, 7) is 5.62. The number of nitrogens with one attached hydrogen (secondary N) is 1. The third-order valence-electron chi connectivity index (χ3n) is 5.20. The summed E-state index contributed by atoms with van der Waals surface area (Å²) in [7, 11) is 1.61. The van der Waals surface area contributed by atoms with E-state index in [0.717, 1.165) is 30.7 Å². The van der Waals surface area contributed by atoms with Crippen molar-refractivity contribution in [1.29, 1.82) is 0 Å². The number of methoxy groups -OCH3 is 1. The molecule has 1 atom stereocenters. The van der Waals surface area contributed by atoms with Crippen molar-refractivity contribution in [3.63, 3.8) is 0 Å². The number of nitrogens with zero attached hydrogens (tertiary/aromatic N) is 3. The molecule has 7 nitrogen and oxygen atoms in total. The smallest absolute Gasteiger partial charge is 0.254 e. The van der Waals surface area contributed by atoms with Gasteiger partial charge >= 0.3 is 0 Å². The van der Waals surface area contributed by atoms with Gasteiger partial charge in [-0.1, -0.05) is 19.1 Å². The number of ether oxygens (including phenoxy) is 1. The normalized spacial score (nSPS) is 16.0. The summed E-state index contributed by atoms with van der Waals surface area (Å²) in [4.78, 5) is 35.5. The lowest BCUT2D eigenvalue weighted by atomic mass is 10.1. The van der Waals surface area contributed by atoms with Crippen molar-refractivity contribution >= 4 is 11.8 Å². The number of carbonyl (C=O) groups excluding carboxylic acids is 2. The molecule has 3 rings (SSSR count). The molecule has 1 saturated heterocycles. The van der Waals surface area contributed by atoms with Crippen molar-refractivity contribution in [2.24, 2.45) is 0 Å². The molecule has 2 aromatic rings. The minimum Gasteiger partial charge on any atom is -0.497 e. The van der Waals surface area contributed by atoms with E-state index in [2.05, 4.69) is 15.3 Å². The molecule has 1 aliphatic heterocycles. The molecule has 1 N–H and O–H groups in total. The summed E-state index contributed by atoms with van der Waals surface area (Å²) in [6, 6.07) is 7.57. The maximum absolute atomic E-state index is 12.6. The Morgan fingerprint density at radius 2 is 2.17 bits per heavy atom. The molecule has 1 aromatic heterocycles. The van der Waals surface area contributed by atoms with Crippen LogP contribution in [0, 0.1) is 6.92 Å². The maximum atomic E-state index is 12.6. The molecule has 2 heterocycles.